The molecule has 136 valence electrons. The number of nitrogens with zero attached hydrogens (tertiary/aromatic N) is 1. The van der Waals surface area contributed by atoms with Crippen LogP contribution in [-0.4, -0.2) is 24.6 Å². The van der Waals surface area contributed by atoms with Crippen LogP contribution in [0.25, 0.3) is 10.2 Å². The molecule has 3 aromatic rings. The van der Waals surface area contributed by atoms with Crippen LogP contribution in [0.5, 0.6) is 11.5 Å². The van der Waals surface area contributed by atoms with Gasteiger partial charge in [0.15, 0.2) is 5.13 Å². The number of hydrogen-bond acceptors (Lipinski definition) is 5. The van der Waals surface area contributed by atoms with Crippen molar-refractivity contribution in [2.75, 3.05) is 19.0 Å². The highest BCUT2D eigenvalue weighted by molar-refractivity contribution is 7.22. The molecule has 0 saturated heterocycles. The molecule has 0 bridgehead atoms. The van der Waals surface area contributed by atoms with Crippen molar-refractivity contribution in [2.45, 2.75) is 12.8 Å². The largest absolute Gasteiger partial charge is 0.497 e. The molecular weight excluding hydrogens is 395 g/mol. The Kier molecular flexibility index (Phi) is 6.19. The number of thiazole rings is 1. The van der Waals surface area contributed by atoms with Crippen LogP contribution in [0.3, 0.4) is 0 Å². The van der Waals surface area contributed by atoms with Crippen molar-refractivity contribution in [2.24, 2.45) is 0 Å². The van der Waals surface area contributed by atoms with Gasteiger partial charge in [-0.1, -0.05) is 34.5 Å². The van der Waals surface area contributed by atoms with E-state index in [9.17, 15) is 4.79 Å². The van der Waals surface area contributed by atoms with Crippen LogP contribution < -0.4 is 14.8 Å². The number of benzene rings is 2. The van der Waals surface area contributed by atoms with Crippen molar-refractivity contribution in [3.05, 3.63) is 46.4 Å². The van der Waals surface area contributed by atoms with Gasteiger partial charge in [0.05, 0.1) is 29.0 Å². The molecule has 1 aromatic heterocycles. The van der Waals surface area contributed by atoms with Gasteiger partial charge in [0.2, 0.25) is 5.91 Å². The third-order valence-electron chi connectivity index (χ3n) is 3.54. The van der Waals surface area contributed by atoms with Gasteiger partial charge in [-0.2, -0.15) is 0 Å². The summed E-state index contributed by atoms with van der Waals surface area (Å²) in [6.45, 7) is 0.381. The summed E-state index contributed by atoms with van der Waals surface area (Å²) in [7, 11) is 1.62. The monoisotopic (exact) mass is 410 g/mol. The van der Waals surface area contributed by atoms with Gasteiger partial charge in [-0.15, -0.1) is 0 Å². The van der Waals surface area contributed by atoms with E-state index in [-0.39, 0.29) is 5.91 Å². The minimum atomic E-state index is -0.109. The molecule has 1 N–H and O–H groups in total. The molecule has 0 aliphatic heterocycles. The average molecular weight is 411 g/mol. The van der Waals surface area contributed by atoms with Gasteiger partial charge in [0.1, 0.15) is 11.5 Å². The van der Waals surface area contributed by atoms with Crippen LogP contribution in [0.4, 0.5) is 5.13 Å². The predicted octanol–water partition coefficient (Wildman–Crippen LogP) is 5.41. The first-order chi connectivity index (χ1) is 12.5. The maximum Gasteiger partial charge on any atom is 0.226 e. The molecule has 0 unspecified atom stereocenters. The fraction of sp³-hybridized carbons (Fsp3) is 0.222. The van der Waals surface area contributed by atoms with Crippen molar-refractivity contribution in [1.82, 2.24) is 4.98 Å². The summed E-state index contributed by atoms with van der Waals surface area (Å²) in [5.41, 5.74) is 0.826. The zero-order chi connectivity index (χ0) is 18.5. The Balaban J connectivity index is 1.48. The number of nitrogens with one attached hydrogen (secondary N) is 1. The smallest absolute Gasteiger partial charge is 0.226 e. The summed E-state index contributed by atoms with van der Waals surface area (Å²) < 4.78 is 11.7. The fourth-order valence-electron chi connectivity index (χ4n) is 2.27. The highest BCUT2D eigenvalue weighted by atomic mass is 35.5. The standard InChI is InChI=1S/C18H16Cl2N2O3S/c1-24-12-5-6-14-16(10-12)26-18(21-14)22-17(23)3-2-8-25-15-7-4-11(19)9-13(15)20/h4-7,9-10H,2-3,8H2,1H3,(H,21,22,23). The molecule has 8 heteroatoms. The number of rotatable bonds is 7. The third kappa shape index (κ3) is 4.78. The van der Waals surface area contributed by atoms with E-state index < -0.39 is 0 Å². The molecule has 0 spiro atoms. The summed E-state index contributed by atoms with van der Waals surface area (Å²) in [5.74, 6) is 1.20. The van der Waals surface area contributed by atoms with E-state index in [2.05, 4.69) is 10.3 Å². The molecule has 0 fully saturated rings. The van der Waals surface area contributed by atoms with E-state index in [4.69, 9.17) is 32.7 Å². The van der Waals surface area contributed by atoms with Crippen molar-refractivity contribution in [1.29, 1.82) is 0 Å². The van der Waals surface area contributed by atoms with Gasteiger partial charge < -0.3 is 14.8 Å². The normalized spacial score (nSPS) is 10.7. The molecule has 1 amide bonds. The molecule has 0 radical (unpaired) electrons. The zero-order valence-electron chi connectivity index (χ0n) is 13.9. The second kappa shape index (κ2) is 8.58. The molecule has 5 nitrogen and oxygen atoms in total. The van der Waals surface area contributed by atoms with E-state index in [1.807, 2.05) is 18.2 Å². The zero-order valence-corrected chi connectivity index (χ0v) is 16.2. The number of aromatic nitrogens is 1. The number of methoxy groups -OCH3 is 1. The van der Waals surface area contributed by atoms with Crippen molar-refractivity contribution >= 4 is 55.8 Å². The lowest BCUT2D eigenvalue weighted by Crippen LogP contribution is -2.12. The topological polar surface area (TPSA) is 60.5 Å². The van der Waals surface area contributed by atoms with Crippen LogP contribution in [0.1, 0.15) is 12.8 Å². The molecule has 3 rings (SSSR count). The first-order valence-corrected chi connectivity index (χ1v) is 9.44. The first-order valence-electron chi connectivity index (χ1n) is 7.87. The fourth-order valence-corrected chi connectivity index (χ4v) is 3.65. The minimum Gasteiger partial charge on any atom is -0.497 e. The predicted molar refractivity (Wildman–Crippen MR) is 106 cm³/mol. The van der Waals surface area contributed by atoms with Crippen molar-refractivity contribution in [3.8, 4) is 11.5 Å². The van der Waals surface area contributed by atoms with Crippen LogP contribution in [-0.2, 0) is 4.79 Å². The number of hydrogen-bond donors (Lipinski definition) is 1. The van der Waals surface area contributed by atoms with Crippen LogP contribution >= 0.6 is 34.5 Å². The number of halogens is 2. The third-order valence-corrected chi connectivity index (χ3v) is 5.01. The van der Waals surface area contributed by atoms with Gasteiger partial charge in [-0.3, -0.25) is 4.79 Å². The van der Waals surface area contributed by atoms with Gasteiger partial charge in [0.25, 0.3) is 0 Å². The molecule has 2 aromatic carbocycles. The molecule has 0 aliphatic rings. The lowest BCUT2D eigenvalue weighted by molar-refractivity contribution is -0.116. The molecular formula is C18H16Cl2N2O3S. The average Bonchev–Trinajstić information content (AvgIpc) is 3.01. The lowest BCUT2D eigenvalue weighted by atomic mass is 10.3. The van der Waals surface area contributed by atoms with Crippen molar-refractivity contribution < 1.29 is 14.3 Å². The Morgan fingerprint density at radius 1 is 1.23 bits per heavy atom. The van der Waals surface area contributed by atoms with Crippen LogP contribution in [0.2, 0.25) is 10.0 Å². The second-order valence-electron chi connectivity index (χ2n) is 5.43. The summed E-state index contributed by atoms with van der Waals surface area (Å²) >= 11 is 13.3. The van der Waals surface area contributed by atoms with Crippen LogP contribution in [0, 0.1) is 0 Å². The van der Waals surface area contributed by atoms with Crippen molar-refractivity contribution in [3.63, 3.8) is 0 Å². The molecule has 0 saturated carbocycles. The van der Waals surface area contributed by atoms with Gasteiger partial charge in [-0.25, -0.2) is 4.98 Å². The Labute approximate surface area is 164 Å². The SMILES string of the molecule is COc1ccc2nc(NC(=O)CCCOc3ccc(Cl)cc3Cl)sc2c1. The van der Waals surface area contributed by atoms with E-state index in [1.165, 1.54) is 11.3 Å². The van der Waals surface area contributed by atoms with E-state index in [0.717, 1.165) is 16.0 Å². The quantitative estimate of drug-likeness (QED) is 0.528. The van der Waals surface area contributed by atoms with Gasteiger partial charge >= 0.3 is 0 Å². The first kappa shape index (κ1) is 18.8. The molecule has 26 heavy (non-hydrogen) atoms. The van der Waals surface area contributed by atoms with Gasteiger partial charge in [0, 0.05) is 11.4 Å². The summed E-state index contributed by atoms with van der Waals surface area (Å²) in [4.78, 5) is 16.5. The number of fused-ring (bicyclic) bond motifs is 1. The summed E-state index contributed by atoms with van der Waals surface area (Å²) in [6, 6.07) is 10.6. The number of carbonyl (C=O) groups is 1. The van der Waals surface area contributed by atoms with E-state index in [1.54, 1.807) is 25.3 Å². The number of anilines is 1. The Morgan fingerprint density at radius 2 is 2.08 bits per heavy atom. The van der Waals surface area contributed by atoms with Crippen LogP contribution in [0.15, 0.2) is 36.4 Å². The minimum absolute atomic E-state index is 0.109. The maximum atomic E-state index is 12.1. The highest BCUT2D eigenvalue weighted by Gasteiger charge is 2.09. The number of amides is 1. The molecule has 0 aliphatic carbocycles. The maximum absolute atomic E-state index is 12.1. The highest BCUT2D eigenvalue weighted by Crippen LogP contribution is 2.29. The Hall–Kier alpha value is -2.02. The number of carbonyl (C=O) groups excluding carboxylic acids is 1. The lowest BCUT2D eigenvalue weighted by Gasteiger charge is -2.08. The molecule has 1 heterocycles. The Morgan fingerprint density at radius 3 is 2.85 bits per heavy atom. The number of ether oxygens (including phenoxy) is 2. The Bertz CT molecular complexity index is 930. The van der Waals surface area contributed by atoms with E-state index in [0.29, 0.717) is 40.4 Å². The van der Waals surface area contributed by atoms with E-state index >= 15 is 0 Å². The second-order valence-corrected chi connectivity index (χ2v) is 7.30. The summed E-state index contributed by atoms with van der Waals surface area (Å²) in [5, 5.41) is 4.39. The summed E-state index contributed by atoms with van der Waals surface area (Å²) in [6.07, 6.45) is 0.883. The molecule has 0 atom stereocenters. The van der Waals surface area contributed by atoms with Gasteiger partial charge in [-0.05, 0) is 42.8 Å².